The van der Waals surface area contributed by atoms with Crippen LogP contribution in [0.1, 0.15) is 152 Å². The van der Waals surface area contributed by atoms with E-state index in [1.807, 2.05) is 13.8 Å². The van der Waals surface area contributed by atoms with Crippen LogP contribution in [0.15, 0.2) is 11.6 Å². The second kappa shape index (κ2) is 12.4. The maximum atomic E-state index is 12.0. The number of aliphatic carboxylic acids is 2. The third-order valence-corrected chi connectivity index (χ3v) is 15.7. The minimum atomic E-state index is -0.573. The largest absolute Gasteiger partial charge is 0.481 e. The molecule has 0 spiro atoms. The number of hydrogen-bond acceptors (Lipinski definition) is 2. The lowest BCUT2D eigenvalue weighted by atomic mass is 9.43. The molecule has 0 saturated heterocycles. The quantitative estimate of drug-likeness (QED) is 0.311. The summed E-state index contributed by atoms with van der Waals surface area (Å²) in [7, 11) is 0. The summed E-state index contributed by atoms with van der Waals surface area (Å²) in [6, 6.07) is 0. The van der Waals surface area contributed by atoms with Gasteiger partial charge in [-0.3, -0.25) is 9.59 Å². The fraction of sp³-hybridized carbons (Fsp3) is 0.900. The molecule has 4 nitrogen and oxygen atoms in total. The van der Waals surface area contributed by atoms with Crippen LogP contribution in [-0.2, 0) is 9.59 Å². The molecule has 0 bridgehead atoms. The Balaban J connectivity index is 0.000000175. The Bertz CT molecular complexity index is 1110. The Morgan fingerprint density at radius 1 is 0.705 bits per heavy atom. The molecule has 6 rings (SSSR count). The van der Waals surface area contributed by atoms with E-state index in [0.29, 0.717) is 17.8 Å². The van der Waals surface area contributed by atoms with Gasteiger partial charge >= 0.3 is 11.9 Å². The van der Waals surface area contributed by atoms with Gasteiger partial charge in [0, 0.05) is 0 Å². The zero-order valence-electron chi connectivity index (χ0n) is 29.6. The van der Waals surface area contributed by atoms with E-state index < -0.39 is 22.8 Å². The zero-order valence-corrected chi connectivity index (χ0v) is 29.6. The van der Waals surface area contributed by atoms with Crippen LogP contribution in [0.2, 0.25) is 0 Å². The second-order valence-electron chi connectivity index (χ2n) is 18.4. The monoisotopic (exact) mass is 610 g/mol. The molecule has 0 aliphatic heterocycles. The lowest BCUT2D eigenvalue weighted by Crippen LogP contribution is -2.56. The fourth-order valence-corrected chi connectivity index (χ4v) is 12.8. The highest BCUT2D eigenvalue weighted by atomic mass is 16.4. The normalized spacial score (nSPS) is 46.8. The van der Waals surface area contributed by atoms with Crippen molar-refractivity contribution >= 4 is 11.9 Å². The van der Waals surface area contributed by atoms with Gasteiger partial charge in [0.15, 0.2) is 0 Å². The highest BCUT2D eigenvalue weighted by molar-refractivity contribution is 5.75. The molecule has 0 radical (unpaired) electrons. The summed E-state index contributed by atoms with van der Waals surface area (Å²) in [5.41, 5.74) is 1.14. The van der Waals surface area contributed by atoms with E-state index in [4.69, 9.17) is 0 Å². The van der Waals surface area contributed by atoms with E-state index in [-0.39, 0.29) is 10.8 Å². The predicted octanol–water partition coefficient (Wildman–Crippen LogP) is 10.7. The third kappa shape index (κ3) is 5.63. The summed E-state index contributed by atoms with van der Waals surface area (Å²) in [5, 5.41) is 19.7. The van der Waals surface area contributed by atoms with Gasteiger partial charge in [-0.05, 0) is 161 Å². The highest BCUT2D eigenvalue weighted by Crippen LogP contribution is 2.65. The average molecular weight is 611 g/mol. The molecular formula is C40H66O4. The van der Waals surface area contributed by atoms with Crippen molar-refractivity contribution in [1.29, 1.82) is 0 Å². The van der Waals surface area contributed by atoms with Gasteiger partial charge < -0.3 is 10.2 Å². The molecule has 0 aromatic rings. The van der Waals surface area contributed by atoms with Crippen LogP contribution < -0.4 is 0 Å². The smallest absolute Gasteiger partial charge is 0.309 e. The van der Waals surface area contributed by atoms with Gasteiger partial charge in [-0.1, -0.05) is 66.0 Å². The first-order valence-electron chi connectivity index (χ1n) is 18.7. The summed E-state index contributed by atoms with van der Waals surface area (Å²) < 4.78 is 0. The summed E-state index contributed by atoms with van der Waals surface area (Å²) in [5.74, 6) is 5.17. The van der Waals surface area contributed by atoms with Crippen LogP contribution in [0.25, 0.3) is 0 Å². The van der Waals surface area contributed by atoms with E-state index in [2.05, 4.69) is 47.6 Å². The number of hydrogen-bond donors (Lipinski definition) is 2. The van der Waals surface area contributed by atoms with Crippen molar-refractivity contribution in [3.63, 3.8) is 0 Å². The van der Waals surface area contributed by atoms with Crippen molar-refractivity contribution in [2.45, 2.75) is 152 Å². The Labute approximate surface area is 269 Å². The van der Waals surface area contributed by atoms with Crippen LogP contribution in [0.5, 0.6) is 0 Å². The minimum absolute atomic E-state index is 0.206. The molecule has 4 heteroatoms. The summed E-state index contributed by atoms with van der Waals surface area (Å²) in [6.45, 7) is 18.4. The van der Waals surface area contributed by atoms with Gasteiger partial charge in [0.1, 0.15) is 0 Å². The number of carbonyl (C=O) groups is 2. The lowest BCUT2D eigenvalue weighted by molar-refractivity contribution is -0.173. The molecule has 6 aliphatic carbocycles. The van der Waals surface area contributed by atoms with Crippen molar-refractivity contribution in [3.8, 4) is 0 Å². The van der Waals surface area contributed by atoms with Gasteiger partial charge in [0.05, 0.1) is 10.8 Å². The van der Waals surface area contributed by atoms with Crippen LogP contribution in [0.4, 0.5) is 0 Å². The van der Waals surface area contributed by atoms with Crippen LogP contribution >= 0.6 is 0 Å². The molecule has 6 aliphatic rings. The first-order valence-corrected chi connectivity index (χ1v) is 18.7. The molecule has 0 amide bonds. The molecule has 0 aromatic carbocycles. The number of rotatable bonds is 4. The van der Waals surface area contributed by atoms with Gasteiger partial charge in [-0.15, -0.1) is 0 Å². The maximum Gasteiger partial charge on any atom is 0.309 e. The average Bonchev–Trinajstić information content (AvgIpc) is 2.96. The van der Waals surface area contributed by atoms with Crippen molar-refractivity contribution in [2.75, 3.05) is 0 Å². The van der Waals surface area contributed by atoms with Crippen LogP contribution in [-0.4, -0.2) is 22.2 Å². The first kappa shape index (κ1) is 34.0. The molecule has 0 aromatic heterocycles. The SMILES string of the molecule is CC(C)C1CC[C@H]2C(=CCC3[C@](C)(C(=O)O)CCC[C@@]32C)C1.CC(C)C1CC[C@H]2C(CCC3[C@](C)(C(=O)O)CCC[C@@]32C)C1. The number of allylic oxidation sites excluding steroid dienone is 2. The molecule has 250 valence electrons. The Morgan fingerprint density at radius 2 is 1.27 bits per heavy atom. The zero-order chi connectivity index (χ0) is 32.2. The van der Waals surface area contributed by atoms with E-state index in [1.165, 1.54) is 57.8 Å². The standard InChI is InChI=1S/C20H34O2.C20H32O2/c2*1-13(2)14-6-8-16-15(12-14)7-9-17-19(16,3)10-5-11-20(17,4)18(21)22/h13-17H,5-12H2,1-4H3,(H,21,22);7,13-14,16-17H,5-6,8-12H2,1-4H3,(H,21,22)/t14?,15?,16-,17?,19+,20+;14?,16-,17?,19+,20+/m00/s1. The van der Waals surface area contributed by atoms with Crippen molar-refractivity contribution in [3.05, 3.63) is 11.6 Å². The Hall–Kier alpha value is -1.32. The van der Waals surface area contributed by atoms with Gasteiger partial charge in [-0.2, -0.15) is 0 Å². The van der Waals surface area contributed by atoms with Crippen molar-refractivity contribution in [2.24, 2.45) is 74.9 Å². The van der Waals surface area contributed by atoms with E-state index in [1.54, 1.807) is 5.57 Å². The number of fused-ring (bicyclic) bond motifs is 6. The molecule has 0 heterocycles. The number of carboxylic acids is 2. The summed E-state index contributed by atoms with van der Waals surface area (Å²) in [6.07, 6.45) is 20.2. The maximum absolute atomic E-state index is 12.0. The Morgan fingerprint density at radius 3 is 1.86 bits per heavy atom. The molecule has 5 unspecified atom stereocenters. The fourth-order valence-electron chi connectivity index (χ4n) is 12.8. The van der Waals surface area contributed by atoms with Crippen molar-refractivity contribution in [1.82, 2.24) is 0 Å². The van der Waals surface area contributed by atoms with Gasteiger partial charge in [0.25, 0.3) is 0 Å². The molecule has 2 N–H and O–H groups in total. The first-order chi connectivity index (χ1) is 20.6. The molecule has 5 saturated carbocycles. The molecule has 44 heavy (non-hydrogen) atoms. The third-order valence-electron chi connectivity index (χ3n) is 15.7. The lowest BCUT2D eigenvalue weighted by Gasteiger charge is -2.60. The number of carboxylic acid groups (broad SMARTS) is 2. The second-order valence-corrected chi connectivity index (χ2v) is 18.4. The summed E-state index contributed by atoms with van der Waals surface area (Å²) in [4.78, 5) is 23.9. The van der Waals surface area contributed by atoms with Crippen molar-refractivity contribution < 1.29 is 19.8 Å². The topological polar surface area (TPSA) is 74.6 Å². The van der Waals surface area contributed by atoms with Gasteiger partial charge in [-0.25, -0.2) is 0 Å². The van der Waals surface area contributed by atoms with Gasteiger partial charge in [0.2, 0.25) is 0 Å². The molecule has 11 atom stereocenters. The van der Waals surface area contributed by atoms with Crippen LogP contribution in [0.3, 0.4) is 0 Å². The van der Waals surface area contributed by atoms with E-state index in [0.717, 1.165) is 74.0 Å². The van der Waals surface area contributed by atoms with E-state index in [9.17, 15) is 19.8 Å². The van der Waals surface area contributed by atoms with E-state index >= 15 is 0 Å². The highest BCUT2D eigenvalue weighted by Gasteiger charge is 2.60. The summed E-state index contributed by atoms with van der Waals surface area (Å²) >= 11 is 0. The molecular weight excluding hydrogens is 544 g/mol. The minimum Gasteiger partial charge on any atom is -0.481 e. The van der Waals surface area contributed by atoms with Crippen LogP contribution in [0, 0.1) is 74.9 Å². The predicted molar refractivity (Wildman–Crippen MR) is 179 cm³/mol. The Kier molecular flexibility index (Phi) is 9.56. The molecule has 5 fully saturated rings.